The Morgan fingerprint density at radius 3 is 2.53 bits per heavy atom. The molecule has 1 heterocycles. The summed E-state index contributed by atoms with van der Waals surface area (Å²) in [6, 6.07) is 0. The van der Waals surface area contributed by atoms with Crippen LogP contribution in [0.4, 0.5) is 0 Å². The molecule has 0 bridgehead atoms. The molecular weight excluding hydrogens is 234 g/mol. The van der Waals surface area contributed by atoms with Crippen molar-refractivity contribution in [3.8, 4) is 0 Å². The molecule has 3 nitrogen and oxygen atoms in total. The number of nitrogens with zero attached hydrogens (tertiary/aromatic N) is 2. The summed E-state index contributed by atoms with van der Waals surface area (Å²) in [5.74, 6) is 0.759. The molecule has 0 atom stereocenters. The highest BCUT2D eigenvalue weighted by Gasteiger charge is 2.18. The van der Waals surface area contributed by atoms with Crippen molar-refractivity contribution < 1.29 is 0 Å². The van der Waals surface area contributed by atoms with Crippen molar-refractivity contribution in [2.75, 3.05) is 6.54 Å². The van der Waals surface area contributed by atoms with Gasteiger partial charge in [0.2, 0.25) is 0 Å². The van der Waals surface area contributed by atoms with Crippen LogP contribution >= 0.6 is 12.4 Å². The van der Waals surface area contributed by atoms with E-state index in [1.54, 1.807) is 0 Å². The van der Waals surface area contributed by atoms with Crippen LogP contribution in [0.1, 0.15) is 39.7 Å². The first-order chi connectivity index (χ1) is 7.39. The van der Waals surface area contributed by atoms with Gasteiger partial charge in [-0.05, 0) is 17.8 Å². The van der Waals surface area contributed by atoms with Crippen LogP contribution in [0.5, 0.6) is 0 Å². The predicted octanol–water partition coefficient (Wildman–Crippen LogP) is 3.00. The van der Waals surface area contributed by atoms with Gasteiger partial charge in [0.05, 0.1) is 6.20 Å². The summed E-state index contributed by atoms with van der Waals surface area (Å²) in [5.41, 5.74) is 1.62. The summed E-state index contributed by atoms with van der Waals surface area (Å²) >= 11 is 0. The summed E-state index contributed by atoms with van der Waals surface area (Å²) in [6.45, 7) is 11.2. The zero-order valence-electron chi connectivity index (χ0n) is 11.7. The lowest BCUT2D eigenvalue weighted by Crippen LogP contribution is -2.30. The van der Waals surface area contributed by atoms with Gasteiger partial charge in [0.1, 0.15) is 0 Å². The molecule has 0 radical (unpaired) electrons. The summed E-state index contributed by atoms with van der Waals surface area (Å²) in [4.78, 5) is 0. The largest absolute Gasteiger partial charge is 0.312 e. The summed E-state index contributed by atoms with van der Waals surface area (Å²) < 4.78 is 1.84. The highest BCUT2D eigenvalue weighted by atomic mass is 35.5. The average molecular weight is 260 g/mol. The standard InChI is InChI=1S/C13H25N3.ClH/c1-11(2)6-13(3,4)10-14-7-12-8-15-16(5)9-12;/h8-9,11,14H,6-7,10H2,1-5H3;1H. The minimum Gasteiger partial charge on any atom is -0.312 e. The number of aryl methyl sites for hydroxylation is 1. The van der Waals surface area contributed by atoms with Crippen LogP contribution in [0, 0.1) is 11.3 Å². The van der Waals surface area contributed by atoms with E-state index in [1.165, 1.54) is 12.0 Å². The first-order valence-electron chi connectivity index (χ1n) is 6.07. The number of rotatable bonds is 6. The maximum absolute atomic E-state index is 4.16. The Hall–Kier alpha value is -0.540. The van der Waals surface area contributed by atoms with Gasteiger partial charge >= 0.3 is 0 Å². The van der Waals surface area contributed by atoms with Crippen LogP contribution < -0.4 is 5.32 Å². The fourth-order valence-electron chi connectivity index (χ4n) is 2.29. The normalized spacial score (nSPS) is 11.6. The Labute approximate surface area is 111 Å². The smallest absolute Gasteiger partial charge is 0.0534 e. The van der Waals surface area contributed by atoms with Crippen molar-refractivity contribution in [3.63, 3.8) is 0 Å². The molecule has 0 amide bonds. The van der Waals surface area contributed by atoms with Gasteiger partial charge in [-0.3, -0.25) is 4.68 Å². The zero-order valence-corrected chi connectivity index (χ0v) is 12.5. The molecule has 1 N–H and O–H groups in total. The number of hydrogen-bond donors (Lipinski definition) is 1. The molecule has 1 aromatic heterocycles. The lowest BCUT2D eigenvalue weighted by molar-refractivity contribution is 0.273. The minimum absolute atomic E-state index is 0. The van der Waals surface area contributed by atoms with Crippen LogP contribution in [0.25, 0.3) is 0 Å². The molecule has 0 unspecified atom stereocenters. The molecule has 0 spiro atoms. The number of hydrogen-bond acceptors (Lipinski definition) is 2. The van der Waals surface area contributed by atoms with Gasteiger partial charge in [0.15, 0.2) is 0 Å². The van der Waals surface area contributed by atoms with Crippen molar-refractivity contribution in [3.05, 3.63) is 18.0 Å². The Kier molecular flexibility index (Phi) is 6.80. The van der Waals surface area contributed by atoms with Gasteiger partial charge in [-0.2, -0.15) is 5.10 Å². The van der Waals surface area contributed by atoms with Crippen LogP contribution in [0.15, 0.2) is 12.4 Å². The van der Waals surface area contributed by atoms with E-state index < -0.39 is 0 Å². The van der Waals surface area contributed by atoms with Crippen LogP contribution in [-0.4, -0.2) is 16.3 Å². The Bertz CT molecular complexity index is 318. The van der Waals surface area contributed by atoms with Gasteiger partial charge in [-0.25, -0.2) is 0 Å². The molecule has 0 saturated carbocycles. The third-order valence-corrected chi connectivity index (χ3v) is 2.65. The second-order valence-electron chi connectivity index (χ2n) is 5.89. The molecule has 0 aromatic carbocycles. The second-order valence-corrected chi connectivity index (χ2v) is 5.89. The molecule has 4 heteroatoms. The van der Waals surface area contributed by atoms with Crippen molar-refractivity contribution in [1.29, 1.82) is 0 Å². The van der Waals surface area contributed by atoms with E-state index in [-0.39, 0.29) is 12.4 Å². The van der Waals surface area contributed by atoms with E-state index in [9.17, 15) is 0 Å². The molecule has 1 rings (SSSR count). The van der Waals surface area contributed by atoms with Crippen molar-refractivity contribution in [2.45, 2.75) is 40.7 Å². The SMILES string of the molecule is CC(C)CC(C)(C)CNCc1cnn(C)c1.Cl. The molecule has 0 aliphatic carbocycles. The van der Waals surface area contributed by atoms with Crippen LogP contribution in [0.2, 0.25) is 0 Å². The van der Waals surface area contributed by atoms with E-state index in [0.717, 1.165) is 19.0 Å². The Morgan fingerprint density at radius 1 is 1.41 bits per heavy atom. The molecule has 0 fully saturated rings. The third-order valence-electron chi connectivity index (χ3n) is 2.65. The lowest BCUT2D eigenvalue weighted by Gasteiger charge is -2.27. The molecule has 0 aliphatic rings. The Balaban J connectivity index is 0.00000256. The van der Waals surface area contributed by atoms with E-state index in [1.807, 2.05) is 17.9 Å². The lowest BCUT2D eigenvalue weighted by atomic mass is 9.84. The quantitative estimate of drug-likeness (QED) is 0.851. The molecule has 1 aromatic rings. The maximum atomic E-state index is 4.16. The average Bonchev–Trinajstić information content (AvgIpc) is 2.48. The van der Waals surface area contributed by atoms with E-state index >= 15 is 0 Å². The summed E-state index contributed by atoms with van der Waals surface area (Å²) in [5, 5.41) is 7.66. The minimum atomic E-state index is 0. The number of nitrogens with one attached hydrogen (secondary N) is 1. The summed E-state index contributed by atoms with van der Waals surface area (Å²) in [7, 11) is 1.95. The maximum Gasteiger partial charge on any atom is 0.0534 e. The molecule has 100 valence electrons. The van der Waals surface area contributed by atoms with Gasteiger partial charge in [-0.15, -0.1) is 12.4 Å². The highest BCUT2D eigenvalue weighted by Crippen LogP contribution is 2.24. The molecule has 0 saturated heterocycles. The molecule has 0 aliphatic heterocycles. The number of aromatic nitrogens is 2. The molecule has 17 heavy (non-hydrogen) atoms. The van der Waals surface area contributed by atoms with Gasteiger partial charge in [0, 0.05) is 31.9 Å². The molecular formula is C13H26ClN3. The van der Waals surface area contributed by atoms with Gasteiger partial charge < -0.3 is 5.32 Å². The monoisotopic (exact) mass is 259 g/mol. The van der Waals surface area contributed by atoms with Crippen LogP contribution in [0.3, 0.4) is 0 Å². The van der Waals surface area contributed by atoms with Crippen LogP contribution in [-0.2, 0) is 13.6 Å². The van der Waals surface area contributed by atoms with Gasteiger partial charge in [-0.1, -0.05) is 27.7 Å². The fourth-order valence-corrected chi connectivity index (χ4v) is 2.29. The van der Waals surface area contributed by atoms with E-state index in [2.05, 4.69) is 44.3 Å². The van der Waals surface area contributed by atoms with Gasteiger partial charge in [0.25, 0.3) is 0 Å². The van der Waals surface area contributed by atoms with Crippen molar-refractivity contribution in [1.82, 2.24) is 15.1 Å². The first-order valence-corrected chi connectivity index (χ1v) is 6.07. The topological polar surface area (TPSA) is 29.9 Å². The van der Waals surface area contributed by atoms with E-state index in [4.69, 9.17) is 0 Å². The Morgan fingerprint density at radius 2 is 2.06 bits per heavy atom. The zero-order chi connectivity index (χ0) is 12.2. The third kappa shape index (κ3) is 6.69. The second kappa shape index (κ2) is 7.02. The number of halogens is 1. The first kappa shape index (κ1) is 16.5. The van der Waals surface area contributed by atoms with Crippen molar-refractivity contribution in [2.24, 2.45) is 18.4 Å². The van der Waals surface area contributed by atoms with E-state index in [0.29, 0.717) is 5.41 Å². The van der Waals surface area contributed by atoms with Crippen molar-refractivity contribution >= 4 is 12.4 Å². The highest BCUT2D eigenvalue weighted by molar-refractivity contribution is 5.85. The summed E-state index contributed by atoms with van der Waals surface area (Å²) in [6.07, 6.45) is 5.23. The predicted molar refractivity (Wildman–Crippen MR) is 75.4 cm³/mol. The fraction of sp³-hybridized carbons (Fsp3) is 0.769.